The summed E-state index contributed by atoms with van der Waals surface area (Å²) in [6.07, 6.45) is 3.59. The first kappa shape index (κ1) is 14.7. The number of thioether (sulfide) groups is 1. The Morgan fingerprint density at radius 2 is 1.95 bits per heavy atom. The SMILES string of the molecule is O=C1CCCC2=C1C(c1ccc(Cl)c(Cl)c1)C1=C(CCS1)N2. The second kappa shape index (κ2) is 5.63. The molecule has 1 aliphatic carbocycles. The van der Waals surface area contributed by atoms with Gasteiger partial charge in [-0.2, -0.15) is 0 Å². The molecule has 0 amide bonds. The maximum atomic E-state index is 12.6. The number of hydrogen-bond acceptors (Lipinski definition) is 3. The summed E-state index contributed by atoms with van der Waals surface area (Å²) in [5.41, 5.74) is 4.42. The van der Waals surface area contributed by atoms with Gasteiger partial charge in [-0.15, -0.1) is 11.8 Å². The summed E-state index contributed by atoms with van der Waals surface area (Å²) in [7, 11) is 0. The minimum Gasteiger partial charge on any atom is -0.361 e. The van der Waals surface area contributed by atoms with Crippen molar-refractivity contribution in [2.75, 3.05) is 5.75 Å². The van der Waals surface area contributed by atoms with Crippen molar-refractivity contribution < 1.29 is 4.79 Å². The fourth-order valence-corrected chi connectivity index (χ4v) is 5.09. The summed E-state index contributed by atoms with van der Waals surface area (Å²) in [4.78, 5) is 13.8. The first-order chi connectivity index (χ1) is 10.6. The zero-order chi connectivity index (χ0) is 15.3. The standard InChI is InChI=1S/C17H15Cl2NOS/c18-10-5-4-9(8-11(10)19)15-16-12(2-1-3-14(16)21)20-13-6-7-22-17(13)15/h4-5,8,15,20H,1-3,6-7H2. The number of carbonyl (C=O) groups excluding carboxylic acids is 1. The van der Waals surface area contributed by atoms with E-state index < -0.39 is 0 Å². The first-order valence-electron chi connectivity index (χ1n) is 7.49. The van der Waals surface area contributed by atoms with E-state index in [4.69, 9.17) is 23.2 Å². The van der Waals surface area contributed by atoms with Gasteiger partial charge >= 0.3 is 0 Å². The number of allylic oxidation sites excluding steroid dienone is 4. The Morgan fingerprint density at radius 3 is 2.77 bits per heavy atom. The zero-order valence-electron chi connectivity index (χ0n) is 11.9. The van der Waals surface area contributed by atoms with Gasteiger partial charge in [-0.05, 0) is 37.0 Å². The first-order valence-corrected chi connectivity index (χ1v) is 9.23. The van der Waals surface area contributed by atoms with Crippen LogP contribution < -0.4 is 5.32 Å². The molecule has 0 saturated carbocycles. The molecule has 1 atom stereocenters. The highest BCUT2D eigenvalue weighted by atomic mass is 35.5. The summed E-state index contributed by atoms with van der Waals surface area (Å²) in [5.74, 6) is 1.37. The second-order valence-corrected chi connectivity index (χ2v) is 7.79. The average molecular weight is 352 g/mol. The lowest BCUT2D eigenvalue weighted by molar-refractivity contribution is -0.116. The van der Waals surface area contributed by atoms with Crippen molar-refractivity contribution in [1.29, 1.82) is 0 Å². The normalized spacial score (nSPS) is 24.3. The molecule has 5 heteroatoms. The van der Waals surface area contributed by atoms with Gasteiger partial charge in [-0.1, -0.05) is 29.3 Å². The Morgan fingerprint density at radius 1 is 1.09 bits per heavy atom. The lowest BCUT2D eigenvalue weighted by Crippen LogP contribution is -2.30. The van der Waals surface area contributed by atoms with E-state index in [2.05, 4.69) is 5.32 Å². The molecule has 1 aromatic carbocycles. The van der Waals surface area contributed by atoms with E-state index in [9.17, 15) is 4.79 Å². The number of nitrogens with one attached hydrogen (secondary N) is 1. The molecule has 0 fully saturated rings. The third-order valence-electron chi connectivity index (χ3n) is 4.49. The monoisotopic (exact) mass is 351 g/mol. The molecular formula is C17H15Cl2NOS. The molecule has 114 valence electrons. The minimum absolute atomic E-state index is 0.0290. The second-order valence-electron chi connectivity index (χ2n) is 5.84. The van der Waals surface area contributed by atoms with E-state index in [-0.39, 0.29) is 11.7 Å². The quantitative estimate of drug-likeness (QED) is 0.768. The lowest BCUT2D eigenvalue weighted by Gasteiger charge is -2.33. The molecule has 2 aliphatic heterocycles. The van der Waals surface area contributed by atoms with Crippen molar-refractivity contribution in [3.05, 3.63) is 55.7 Å². The molecule has 4 rings (SSSR count). The molecule has 0 spiro atoms. The van der Waals surface area contributed by atoms with Crippen molar-refractivity contribution in [3.63, 3.8) is 0 Å². The Hall–Kier alpha value is -0.900. The van der Waals surface area contributed by atoms with Gasteiger partial charge in [0.2, 0.25) is 0 Å². The predicted molar refractivity (Wildman–Crippen MR) is 92.3 cm³/mol. The van der Waals surface area contributed by atoms with E-state index >= 15 is 0 Å². The molecule has 0 aromatic heterocycles. The molecule has 0 bridgehead atoms. The van der Waals surface area contributed by atoms with Gasteiger partial charge in [0.25, 0.3) is 0 Å². The van der Waals surface area contributed by atoms with Gasteiger partial charge in [0, 0.05) is 40.0 Å². The van der Waals surface area contributed by atoms with Gasteiger partial charge in [-0.25, -0.2) is 0 Å². The van der Waals surface area contributed by atoms with Crippen LogP contribution in [-0.2, 0) is 4.79 Å². The van der Waals surface area contributed by atoms with Crippen LogP contribution in [0.1, 0.15) is 37.2 Å². The van der Waals surface area contributed by atoms with Crippen molar-refractivity contribution >= 4 is 40.7 Å². The maximum Gasteiger partial charge on any atom is 0.161 e. The Kier molecular flexibility index (Phi) is 3.75. The van der Waals surface area contributed by atoms with Gasteiger partial charge in [0.15, 0.2) is 5.78 Å². The fourth-order valence-electron chi connectivity index (χ4n) is 3.51. The van der Waals surface area contributed by atoms with Crippen molar-refractivity contribution in [2.45, 2.75) is 31.6 Å². The highest BCUT2D eigenvalue weighted by Gasteiger charge is 2.38. The molecule has 3 aliphatic rings. The summed E-state index contributed by atoms with van der Waals surface area (Å²) in [5, 5.41) is 4.63. The van der Waals surface area contributed by atoms with E-state index in [1.165, 1.54) is 10.6 Å². The molecule has 1 aromatic rings. The van der Waals surface area contributed by atoms with E-state index in [1.807, 2.05) is 30.0 Å². The predicted octanol–water partition coefficient (Wildman–Crippen LogP) is 5.04. The lowest BCUT2D eigenvalue weighted by atomic mass is 9.79. The highest BCUT2D eigenvalue weighted by Crippen LogP contribution is 2.50. The number of rotatable bonds is 1. The number of carbonyl (C=O) groups is 1. The van der Waals surface area contributed by atoms with E-state index in [0.717, 1.165) is 41.8 Å². The molecule has 0 radical (unpaired) electrons. The molecular weight excluding hydrogens is 337 g/mol. The van der Waals surface area contributed by atoms with Crippen LogP contribution >= 0.6 is 35.0 Å². The summed E-state index contributed by atoms with van der Waals surface area (Å²) < 4.78 is 0. The van der Waals surface area contributed by atoms with Crippen LogP contribution in [0.15, 0.2) is 40.1 Å². The number of ketones is 1. The number of hydrogen-bond donors (Lipinski definition) is 1. The third kappa shape index (κ3) is 2.31. The molecule has 22 heavy (non-hydrogen) atoms. The number of dihydropyridines is 1. The van der Waals surface area contributed by atoms with Crippen LogP contribution in [-0.4, -0.2) is 11.5 Å². The van der Waals surface area contributed by atoms with Crippen LogP contribution in [0.4, 0.5) is 0 Å². The van der Waals surface area contributed by atoms with Gasteiger partial charge < -0.3 is 5.32 Å². The van der Waals surface area contributed by atoms with Gasteiger partial charge in [0.05, 0.1) is 10.0 Å². The van der Waals surface area contributed by atoms with Gasteiger partial charge in [0.1, 0.15) is 0 Å². The number of halogens is 2. The molecule has 1 unspecified atom stereocenters. The molecule has 1 N–H and O–H groups in total. The van der Waals surface area contributed by atoms with E-state index in [1.54, 1.807) is 0 Å². The van der Waals surface area contributed by atoms with Crippen molar-refractivity contribution in [2.24, 2.45) is 0 Å². The Bertz CT molecular complexity index is 738. The molecule has 2 nitrogen and oxygen atoms in total. The topological polar surface area (TPSA) is 29.1 Å². The van der Waals surface area contributed by atoms with Crippen molar-refractivity contribution in [3.8, 4) is 0 Å². The smallest absolute Gasteiger partial charge is 0.161 e. The third-order valence-corrected chi connectivity index (χ3v) is 6.43. The number of Topliss-reactive ketones (excluding diaryl/α,β-unsaturated/α-hetero) is 1. The van der Waals surface area contributed by atoms with Crippen molar-refractivity contribution in [1.82, 2.24) is 5.32 Å². The minimum atomic E-state index is 0.0290. The highest BCUT2D eigenvalue weighted by molar-refractivity contribution is 8.03. The van der Waals surface area contributed by atoms with Crippen LogP contribution in [0.25, 0.3) is 0 Å². The van der Waals surface area contributed by atoms with Gasteiger partial charge in [-0.3, -0.25) is 4.79 Å². The summed E-state index contributed by atoms with van der Waals surface area (Å²) in [6, 6.07) is 5.74. The number of benzene rings is 1. The summed E-state index contributed by atoms with van der Waals surface area (Å²) in [6.45, 7) is 0. The molecule has 2 heterocycles. The summed E-state index contributed by atoms with van der Waals surface area (Å²) >= 11 is 14.1. The average Bonchev–Trinajstić information content (AvgIpc) is 2.96. The zero-order valence-corrected chi connectivity index (χ0v) is 14.2. The largest absolute Gasteiger partial charge is 0.361 e. The Balaban J connectivity index is 1.87. The van der Waals surface area contributed by atoms with Crippen LogP contribution in [0.3, 0.4) is 0 Å². The van der Waals surface area contributed by atoms with E-state index in [0.29, 0.717) is 16.5 Å². The fraction of sp³-hybridized carbons (Fsp3) is 0.353. The Labute approximate surface area is 143 Å². The van der Waals surface area contributed by atoms with Crippen LogP contribution in [0, 0.1) is 0 Å². The van der Waals surface area contributed by atoms with Crippen LogP contribution in [0.5, 0.6) is 0 Å². The maximum absolute atomic E-state index is 12.6. The molecule has 0 saturated heterocycles. The van der Waals surface area contributed by atoms with Crippen LogP contribution in [0.2, 0.25) is 10.0 Å².